The summed E-state index contributed by atoms with van der Waals surface area (Å²) >= 11 is 0. The summed E-state index contributed by atoms with van der Waals surface area (Å²) in [6, 6.07) is 6.33. The molecule has 96 valence electrons. The molecule has 0 saturated heterocycles. The number of hydrogen-bond donors (Lipinski definition) is 1. The number of ether oxygens (including phenoxy) is 1. The maximum Gasteiger partial charge on any atom is 0.123 e. The number of benzene rings is 1. The first-order valence-electron chi connectivity index (χ1n) is 6.05. The molecule has 0 aliphatic carbocycles. The number of hydrogen-bond acceptors (Lipinski definition) is 2. The minimum absolute atomic E-state index is 0.272. The second-order valence-corrected chi connectivity index (χ2v) is 4.33. The minimum atomic E-state index is -0.621. The lowest BCUT2D eigenvalue weighted by Crippen LogP contribution is -2.44. The predicted molar refractivity (Wildman–Crippen MR) is 66.4 cm³/mol. The number of aliphatic hydroxyl groups is 1. The van der Waals surface area contributed by atoms with E-state index in [9.17, 15) is 9.50 Å². The summed E-state index contributed by atoms with van der Waals surface area (Å²) in [5, 5.41) is 10.3. The van der Waals surface area contributed by atoms with Gasteiger partial charge in [-0.1, -0.05) is 26.0 Å². The average molecular weight is 240 g/mol. The number of aliphatic hydroxyl groups excluding tert-OH is 1. The van der Waals surface area contributed by atoms with Crippen molar-refractivity contribution < 1.29 is 14.2 Å². The molecule has 0 spiro atoms. The van der Waals surface area contributed by atoms with Gasteiger partial charge in [-0.05, 0) is 30.5 Å². The Morgan fingerprint density at radius 3 is 2.47 bits per heavy atom. The molecule has 17 heavy (non-hydrogen) atoms. The van der Waals surface area contributed by atoms with E-state index in [1.54, 1.807) is 13.2 Å². The molecule has 0 fully saturated rings. The fraction of sp³-hybridized carbons (Fsp3) is 0.571. The van der Waals surface area contributed by atoms with E-state index in [0.29, 0.717) is 6.42 Å². The van der Waals surface area contributed by atoms with Crippen molar-refractivity contribution in [1.82, 2.24) is 0 Å². The Hall–Kier alpha value is -0.930. The van der Waals surface area contributed by atoms with Crippen LogP contribution in [0.15, 0.2) is 24.3 Å². The SMILES string of the molecule is CCC(CC)(OC)C(O)Cc1cccc(F)c1. The van der Waals surface area contributed by atoms with E-state index < -0.39 is 11.7 Å². The van der Waals surface area contributed by atoms with Crippen molar-refractivity contribution >= 4 is 0 Å². The molecule has 0 amide bonds. The zero-order valence-electron chi connectivity index (χ0n) is 10.7. The second-order valence-electron chi connectivity index (χ2n) is 4.33. The van der Waals surface area contributed by atoms with Gasteiger partial charge in [-0.25, -0.2) is 4.39 Å². The summed E-state index contributed by atoms with van der Waals surface area (Å²) in [6.07, 6.45) is 1.25. The van der Waals surface area contributed by atoms with Gasteiger partial charge < -0.3 is 9.84 Å². The zero-order valence-corrected chi connectivity index (χ0v) is 10.7. The maximum absolute atomic E-state index is 13.0. The Morgan fingerprint density at radius 2 is 2.00 bits per heavy atom. The van der Waals surface area contributed by atoms with Crippen LogP contribution in [-0.4, -0.2) is 23.9 Å². The molecule has 0 bridgehead atoms. The first-order valence-corrected chi connectivity index (χ1v) is 6.05. The third-order valence-electron chi connectivity index (χ3n) is 3.53. The van der Waals surface area contributed by atoms with Gasteiger partial charge in [0, 0.05) is 13.5 Å². The molecule has 1 N–H and O–H groups in total. The fourth-order valence-corrected chi connectivity index (χ4v) is 2.22. The summed E-state index contributed by atoms with van der Waals surface area (Å²) in [4.78, 5) is 0. The summed E-state index contributed by atoms with van der Waals surface area (Å²) in [7, 11) is 1.61. The summed E-state index contributed by atoms with van der Waals surface area (Å²) in [5.74, 6) is -0.272. The first-order chi connectivity index (χ1) is 8.07. The second kappa shape index (κ2) is 6.12. The largest absolute Gasteiger partial charge is 0.390 e. The summed E-state index contributed by atoms with van der Waals surface area (Å²) in [6.45, 7) is 3.98. The molecule has 2 nitrogen and oxygen atoms in total. The molecule has 0 radical (unpaired) electrons. The van der Waals surface area contributed by atoms with Gasteiger partial charge in [0.15, 0.2) is 0 Å². The van der Waals surface area contributed by atoms with Crippen molar-refractivity contribution in [3.05, 3.63) is 35.6 Å². The van der Waals surface area contributed by atoms with Crippen molar-refractivity contribution in [3.8, 4) is 0 Å². The van der Waals surface area contributed by atoms with Crippen LogP contribution in [0.4, 0.5) is 4.39 Å². The third-order valence-corrected chi connectivity index (χ3v) is 3.53. The van der Waals surface area contributed by atoms with Gasteiger partial charge in [0.25, 0.3) is 0 Å². The number of halogens is 1. The molecule has 0 aliphatic heterocycles. The number of rotatable bonds is 6. The standard InChI is InChI=1S/C14H21FO2/c1-4-14(5-2,17-3)13(16)10-11-7-6-8-12(15)9-11/h6-9,13,16H,4-5,10H2,1-3H3. The quantitative estimate of drug-likeness (QED) is 0.828. The third kappa shape index (κ3) is 3.27. The molecule has 3 heteroatoms. The van der Waals surface area contributed by atoms with Crippen molar-refractivity contribution in [2.45, 2.75) is 44.8 Å². The van der Waals surface area contributed by atoms with E-state index in [0.717, 1.165) is 18.4 Å². The number of methoxy groups -OCH3 is 1. The van der Waals surface area contributed by atoms with E-state index in [2.05, 4.69) is 0 Å². The summed E-state index contributed by atoms with van der Waals surface area (Å²) in [5.41, 5.74) is 0.257. The molecular formula is C14H21FO2. The van der Waals surface area contributed by atoms with Gasteiger partial charge in [-0.15, -0.1) is 0 Å². The monoisotopic (exact) mass is 240 g/mol. The lowest BCUT2D eigenvalue weighted by molar-refractivity contribution is -0.106. The Morgan fingerprint density at radius 1 is 1.35 bits per heavy atom. The molecule has 1 aromatic rings. The van der Waals surface area contributed by atoms with Gasteiger partial charge in [-0.3, -0.25) is 0 Å². The van der Waals surface area contributed by atoms with Gasteiger partial charge in [0.2, 0.25) is 0 Å². The maximum atomic E-state index is 13.0. The molecule has 1 rings (SSSR count). The zero-order chi connectivity index (χ0) is 12.9. The summed E-state index contributed by atoms with van der Waals surface area (Å²) < 4.78 is 18.5. The van der Waals surface area contributed by atoms with Crippen molar-refractivity contribution in [2.24, 2.45) is 0 Å². The Balaban J connectivity index is 2.80. The highest BCUT2D eigenvalue weighted by atomic mass is 19.1. The van der Waals surface area contributed by atoms with Crippen LogP contribution in [0.3, 0.4) is 0 Å². The van der Waals surface area contributed by atoms with E-state index >= 15 is 0 Å². The van der Waals surface area contributed by atoms with Crippen LogP contribution in [-0.2, 0) is 11.2 Å². The molecule has 1 unspecified atom stereocenters. The normalized spacial score (nSPS) is 13.7. The highest BCUT2D eigenvalue weighted by Gasteiger charge is 2.34. The van der Waals surface area contributed by atoms with Gasteiger partial charge in [0.1, 0.15) is 5.82 Å². The Bertz CT molecular complexity index is 340. The van der Waals surface area contributed by atoms with Crippen LogP contribution >= 0.6 is 0 Å². The van der Waals surface area contributed by atoms with E-state index in [-0.39, 0.29) is 5.82 Å². The first kappa shape index (κ1) is 14.1. The Labute approximate surface area is 102 Å². The van der Waals surface area contributed by atoms with Crippen LogP contribution in [0.5, 0.6) is 0 Å². The molecular weight excluding hydrogens is 219 g/mol. The smallest absolute Gasteiger partial charge is 0.123 e. The van der Waals surface area contributed by atoms with Crippen molar-refractivity contribution in [2.75, 3.05) is 7.11 Å². The van der Waals surface area contributed by atoms with Gasteiger partial charge in [0.05, 0.1) is 11.7 Å². The molecule has 1 aromatic carbocycles. The van der Waals surface area contributed by atoms with E-state index in [1.165, 1.54) is 12.1 Å². The van der Waals surface area contributed by atoms with Crippen LogP contribution in [0.25, 0.3) is 0 Å². The van der Waals surface area contributed by atoms with Crippen LogP contribution < -0.4 is 0 Å². The molecule has 0 aromatic heterocycles. The fourth-order valence-electron chi connectivity index (χ4n) is 2.22. The van der Waals surface area contributed by atoms with Crippen LogP contribution in [0.2, 0.25) is 0 Å². The van der Waals surface area contributed by atoms with Crippen LogP contribution in [0, 0.1) is 5.82 Å². The Kier molecular flexibility index (Phi) is 5.09. The highest BCUT2D eigenvalue weighted by molar-refractivity contribution is 5.18. The van der Waals surface area contributed by atoms with E-state index in [1.807, 2.05) is 19.9 Å². The lowest BCUT2D eigenvalue weighted by Gasteiger charge is -2.35. The molecule has 1 atom stereocenters. The van der Waals surface area contributed by atoms with Crippen LogP contribution in [0.1, 0.15) is 32.3 Å². The predicted octanol–water partition coefficient (Wildman–Crippen LogP) is 2.93. The minimum Gasteiger partial charge on any atom is -0.390 e. The molecule has 0 aliphatic rings. The topological polar surface area (TPSA) is 29.5 Å². The van der Waals surface area contributed by atoms with E-state index in [4.69, 9.17) is 4.74 Å². The average Bonchev–Trinajstić information content (AvgIpc) is 2.32. The lowest BCUT2D eigenvalue weighted by atomic mass is 9.86. The molecule has 0 saturated carbocycles. The highest BCUT2D eigenvalue weighted by Crippen LogP contribution is 2.26. The molecule has 0 heterocycles. The van der Waals surface area contributed by atoms with Gasteiger partial charge in [-0.2, -0.15) is 0 Å². The van der Waals surface area contributed by atoms with Crippen molar-refractivity contribution in [3.63, 3.8) is 0 Å². The van der Waals surface area contributed by atoms with Crippen molar-refractivity contribution in [1.29, 1.82) is 0 Å². The van der Waals surface area contributed by atoms with Gasteiger partial charge >= 0.3 is 0 Å².